The van der Waals surface area contributed by atoms with Crippen molar-refractivity contribution in [1.29, 1.82) is 0 Å². The van der Waals surface area contributed by atoms with Crippen LogP contribution in [0, 0.1) is 6.92 Å². The molecule has 4 rings (SSSR count). The maximum atomic E-state index is 13.1. The molecule has 6 nitrogen and oxygen atoms in total. The van der Waals surface area contributed by atoms with Crippen LogP contribution in [-0.2, 0) is 15.4 Å². The lowest BCUT2D eigenvalue weighted by Gasteiger charge is -2.40. The Bertz CT molecular complexity index is 914. The molecule has 1 atom stereocenters. The summed E-state index contributed by atoms with van der Waals surface area (Å²) in [5.74, 6) is -2.67. The number of halogens is 1. The minimum atomic E-state index is -1.69. The van der Waals surface area contributed by atoms with E-state index < -0.39 is 11.9 Å². The summed E-state index contributed by atoms with van der Waals surface area (Å²) in [7, 11) is 0. The molecule has 1 aromatic carbocycles. The van der Waals surface area contributed by atoms with Gasteiger partial charge in [-0.1, -0.05) is 24.6 Å². The largest absolute Gasteiger partial charge is 0.404 e. The lowest BCUT2D eigenvalue weighted by Crippen LogP contribution is -2.53. The topological polar surface area (TPSA) is 68.7 Å². The number of hydrogen-bond acceptors (Lipinski definition) is 5. The van der Waals surface area contributed by atoms with Gasteiger partial charge in [0.05, 0.1) is 22.9 Å². The number of nitrogens with zero attached hydrogens (tertiary/aromatic N) is 2. The minimum absolute atomic E-state index is 0.151. The molecule has 2 aliphatic heterocycles. The van der Waals surface area contributed by atoms with Gasteiger partial charge in [-0.25, -0.2) is 14.7 Å². The van der Waals surface area contributed by atoms with Crippen LogP contribution in [0.2, 0.25) is 5.02 Å². The van der Waals surface area contributed by atoms with Crippen molar-refractivity contribution < 1.29 is 19.1 Å². The Morgan fingerprint density at radius 2 is 2.08 bits per heavy atom. The Hall–Kier alpha value is -2.44. The number of amides is 1. The number of aryl methyl sites for hydroxylation is 1. The molecule has 2 aliphatic rings. The van der Waals surface area contributed by atoms with Crippen molar-refractivity contribution in [2.45, 2.75) is 26.2 Å². The van der Waals surface area contributed by atoms with E-state index in [9.17, 15) is 9.59 Å². The highest BCUT2D eigenvalue weighted by Crippen LogP contribution is 2.49. The van der Waals surface area contributed by atoms with E-state index in [-0.39, 0.29) is 16.5 Å². The molecule has 1 unspecified atom stereocenters. The summed E-state index contributed by atoms with van der Waals surface area (Å²) in [5, 5.41) is 0.222. The highest BCUT2D eigenvalue weighted by atomic mass is 35.5. The van der Waals surface area contributed by atoms with E-state index in [4.69, 9.17) is 21.1 Å². The molecule has 25 heavy (non-hydrogen) atoms. The predicted octanol–water partition coefficient (Wildman–Crippen LogP) is 3.41. The average Bonchev–Trinajstić information content (AvgIpc) is 2.82. The van der Waals surface area contributed by atoms with Crippen molar-refractivity contribution in [3.63, 3.8) is 0 Å². The van der Waals surface area contributed by atoms with Gasteiger partial charge in [0.15, 0.2) is 0 Å². The third-order valence-electron chi connectivity index (χ3n) is 4.23. The van der Waals surface area contributed by atoms with E-state index in [2.05, 4.69) is 4.98 Å². The van der Waals surface area contributed by atoms with Gasteiger partial charge in [0, 0.05) is 5.69 Å². The van der Waals surface area contributed by atoms with Crippen LogP contribution in [0.4, 0.5) is 5.69 Å². The van der Waals surface area contributed by atoms with Gasteiger partial charge in [0.2, 0.25) is 0 Å². The molecule has 1 aromatic heterocycles. The first-order valence-corrected chi connectivity index (χ1v) is 8.36. The molecular weight excluding hydrogens is 344 g/mol. The molecule has 7 heteroatoms. The van der Waals surface area contributed by atoms with Crippen LogP contribution < -0.4 is 4.90 Å². The van der Waals surface area contributed by atoms with Crippen LogP contribution in [0.1, 0.15) is 45.4 Å². The number of fused-ring (bicyclic) bond motifs is 5. The number of hydrogen-bond donors (Lipinski definition) is 0. The van der Waals surface area contributed by atoms with E-state index >= 15 is 0 Å². The molecule has 0 saturated heterocycles. The number of anilines is 1. The molecule has 0 radical (unpaired) electrons. The lowest BCUT2D eigenvalue weighted by atomic mass is 10.1. The van der Waals surface area contributed by atoms with Gasteiger partial charge in [-0.2, -0.15) is 0 Å². The molecule has 3 heterocycles. The highest BCUT2D eigenvalue weighted by molar-refractivity contribution is 6.35. The predicted molar refractivity (Wildman–Crippen MR) is 90.6 cm³/mol. The van der Waals surface area contributed by atoms with Gasteiger partial charge in [-0.15, -0.1) is 0 Å². The maximum Gasteiger partial charge on any atom is 0.351 e. The van der Waals surface area contributed by atoms with Crippen molar-refractivity contribution in [3.8, 4) is 0 Å². The SMILES string of the molecule is CCCOC12OC(=O)c3c(Cl)cccc3N1C(=O)c1ccc(C)nc12. The number of pyridine rings is 1. The number of benzene rings is 1. The Balaban J connectivity index is 2.01. The van der Waals surface area contributed by atoms with Crippen LogP contribution >= 0.6 is 11.6 Å². The first-order valence-electron chi connectivity index (χ1n) is 7.98. The minimum Gasteiger partial charge on any atom is -0.404 e. The smallest absolute Gasteiger partial charge is 0.351 e. The Kier molecular flexibility index (Phi) is 3.56. The third kappa shape index (κ3) is 2.11. The highest BCUT2D eigenvalue weighted by Gasteiger charge is 2.60. The van der Waals surface area contributed by atoms with E-state index in [1.54, 1.807) is 37.3 Å². The summed E-state index contributed by atoms with van der Waals surface area (Å²) < 4.78 is 11.6. The zero-order valence-electron chi connectivity index (χ0n) is 13.7. The third-order valence-corrected chi connectivity index (χ3v) is 4.55. The zero-order valence-corrected chi connectivity index (χ0v) is 14.5. The lowest BCUT2D eigenvalue weighted by molar-refractivity contribution is -0.209. The molecule has 0 saturated carbocycles. The number of rotatable bonds is 3. The van der Waals surface area contributed by atoms with E-state index in [1.165, 1.54) is 4.90 Å². The number of carbonyl (C=O) groups is 2. The van der Waals surface area contributed by atoms with Crippen LogP contribution in [0.3, 0.4) is 0 Å². The zero-order chi connectivity index (χ0) is 17.8. The molecule has 0 spiro atoms. The van der Waals surface area contributed by atoms with Crippen molar-refractivity contribution >= 4 is 29.2 Å². The van der Waals surface area contributed by atoms with E-state index in [0.29, 0.717) is 35.7 Å². The second-order valence-corrected chi connectivity index (χ2v) is 6.35. The standard InChI is InChI=1S/C18H15ClN2O4/c1-3-9-24-18-15-11(8-7-10(2)20-15)16(22)21(18)13-6-4-5-12(19)14(13)17(23)25-18/h4-8H,3,9H2,1-2H3. The molecule has 0 aliphatic carbocycles. The van der Waals surface area contributed by atoms with Gasteiger partial charge < -0.3 is 9.47 Å². The second kappa shape index (κ2) is 5.54. The van der Waals surface area contributed by atoms with Gasteiger partial charge >= 0.3 is 11.9 Å². The summed E-state index contributed by atoms with van der Waals surface area (Å²) in [6.45, 7) is 4.02. The normalized spacial score (nSPS) is 20.8. The van der Waals surface area contributed by atoms with Gasteiger partial charge in [0.1, 0.15) is 11.3 Å². The van der Waals surface area contributed by atoms with Crippen LogP contribution in [-0.4, -0.2) is 23.5 Å². The Morgan fingerprint density at radius 1 is 1.28 bits per heavy atom. The van der Waals surface area contributed by atoms with Crippen molar-refractivity contribution in [2.24, 2.45) is 0 Å². The fourth-order valence-corrected chi connectivity index (χ4v) is 3.42. The van der Waals surface area contributed by atoms with E-state index in [1.807, 2.05) is 6.92 Å². The molecule has 1 amide bonds. The fraction of sp³-hybridized carbons (Fsp3) is 0.278. The molecule has 0 bridgehead atoms. The van der Waals surface area contributed by atoms with Crippen molar-refractivity contribution in [2.75, 3.05) is 11.5 Å². The monoisotopic (exact) mass is 358 g/mol. The molecular formula is C18H15ClN2O4. The van der Waals surface area contributed by atoms with Crippen molar-refractivity contribution in [1.82, 2.24) is 4.98 Å². The summed E-state index contributed by atoms with van der Waals surface area (Å²) in [4.78, 5) is 31.5. The number of esters is 1. The fourth-order valence-electron chi connectivity index (χ4n) is 3.17. The first-order chi connectivity index (χ1) is 12.0. The Labute approximate surface area is 149 Å². The van der Waals surface area contributed by atoms with Gasteiger partial charge in [-0.3, -0.25) is 4.79 Å². The summed E-state index contributed by atoms with van der Waals surface area (Å²) in [6.07, 6.45) is 0.685. The summed E-state index contributed by atoms with van der Waals surface area (Å²) in [5.41, 5.74) is 1.85. The van der Waals surface area contributed by atoms with Crippen LogP contribution in [0.25, 0.3) is 0 Å². The quantitative estimate of drug-likeness (QED) is 0.786. The van der Waals surface area contributed by atoms with Crippen molar-refractivity contribution in [3.05, 3.63) is 57.9 Å². The van der Waals surface area contributed by atoms with Gasteiger partial charge in [-0.05, 0) is 37.6 Å². The number of carbonyl (C=O) groups excluding carboxylic acids is 2. The molecule has 0 N–H and O–H groups in total. The van der Waals surface area contributed by atoms with Crippen LogP contribution in [0.15, 0.2) is 30.3 Å². The Morgan fingerprint density at radius 3 is 2.84 bits per heavy atom. The second-order valence-electron chi connectivity index (χ2n) is 5.94. The van der Waals surface area contributed by atoms with Gasteiger partial charge in [0.25, 0.3) is 5.91 Å². The molecule has 0 fully saturated rings. The first kappa shape index (κ1) is 16.1. The number of aromatic nitrogens is 1. The maximum absolute atomic E-state index is 13.1. The van der Waals surface area contributed by atoms with Crippen LogP contribution in [0.5, 0.6) is 0 Å². The molecule has 2 aromatic rings. The summed E-state index contributed by atoms with van der Waals surface area (Å²) in [6, 6.07) is 8.33. The number of ether oxygens (including phenoxy) is 2. The average molecular weight is 359 g/mol. The summed E-state index contributed by atoms with van der Waals surface area (Å²) >= 11 is 6.17. The van der Waals surface area contributed by atoms with E-state index in [0.717, 1.165) is 0 Å². The molecule has 128 valence electrons.